The monoisotopic (exact) mass is 329 g/mol. The fraction of sp³-hybridized carbons (Fsp3) is 0.588. The number of rotatable bonds is 11. The second-order valence-corrected chi connectivity index (χ2v) is 5.83. The molecule has 1 rings (SSSR count). The van der Waals surface area contributed by atoms with Gasteiger partial charge in [-0.1, -0.05) is 57.0 Å². The van der Waals surface area contributed by atoms with Gasteiger partial charge >= 0.3 is 0 Å². The van der Waals surface area contributed by atoms with Crippen molar-refractivity contribution < 1.29 is 13.9 Å². The van der Waals surface area contributed by atoms with Gasteiger partial charge in [-0.25, -0.2) is 4.39 Å². The highest BCUT2D eigenvalue weighted by Gasteiger charge is 2.14. The zero-order valence-corrected chi connectivity index (χ0v) is 13.9. The molecule has 5 heteroatoms. The van der Waals surface area contributed by atoms with Crippen molar-refractivity contribution in [3.05, 3.63) is 28.5 Å². The minimum Gasteiger partial charge on any atom is -0.492 e. The lowest BCUT2D eigenvalue weighted by Crippen LogP contribution is -2.15. The summed E-state index contributed by atoms with van der Waals surface area (Å²) in [5.74, 6) is -0.748. The minimum absolute atomic E-state index is 0.103. The van der Waals surface area contributed by atoms with Crippen molar-refractivity contribution in [1.29, 1.82) is 0 Å². The lowest BCUT2D eigenvalue weighted by molar-refractivity contribution is -0.117. The quantitative estimate of drug-likeness (QED) is 0.601. The van der Waals surface area contributed by atoms with Crippen molar-refractivity contribution in [2.45, 2.75) is 58.3 Å². The maximum Gasteiger partial charge on any atom is 0.222 e. The molecule has 1 aromatic carbocycles. The number of primary amides is 1. The Hall–Kier alpha value is -1.29. The fourth-order valence-corrected chi connectivity index (χ4v) is 2.54. The Morgan fingerprint density at radius 3 is 2.45 bits per heavy atom. The predicted octanol–water partition coefficient (Wildman–Crippen LogP) is 4.64. The largest absolute Gasteiger partial charge is 0.492 e. The number of carbonyl (C=O) groups is 1. The van der Waals surface area contributed by atoms with Gasteiger partial charge in [0.25, 0.3) is 0 Å². The van der Waals surface area contributed by atoms with E-state index in [1.807, 2.05) is 0 Å². The molecule has 0 spiro atoms. The number of benzene rings is 1. The van der Waals surface area contributed by atoms with Crippen molar-refractivity contribution in [3.63, 3.8) is 0 Å². The highest BCUT2D eigenvalue weighted by Crippen LogP contribution is 2.30. The molecule has 0 aliphatic heterocycles. The number of unbranched alkanes of at least 4 members (excludes halogenated alkanes) is 6. The third-order valence-electron chi connectivity index (χ3n) is 3.51. The van der Waals surface area contributed by atoms with E-state index in [2.05, 4.69) is 6.92 Å². The average Bonchev–Trinajstić information content (AvgIpc) is 2.48. The molecule has 0 fully saturated rings. The van der Waals surface area contributed by atoms with Gasteiger partial charge in [0.15, 0.2) is 0 Å². The Morgan fingerprint density at radius 2 is 1.82 bits per heavy atom. The van der Waals surface area contributed by atoms with Crippen molar-refractivity contribution in [3.8, 4) is 5.75 Å². The van der Waals surface area contributed by atoms with Gasteiger partial charge < -0.3 is 10.5 Å². The molecule has 1 amide bonds. The van der Waals surface area contributed by atoms with Crippen molar-refractivity contribution >= 4 is 17.5 Å². The first-order valence-electron chi connectivity index (χ1n) is 7.94. The zero-order valence-electron chi connectivity index (χ0n) is 13.2. The molecule has 124 valence electrons. The predicted molar refractivity (Wildman–Crippen MR) is 87.8 cm³/mol. The van der Waals surface area contributed by atoms with E-state index in [1.165, 1.54) is 44.2 Å². The molecule has 3 nitrogen and oxygen atoms in total. The molecule has 0 atom stereocenters. The number of ether oxygens (including phenoxy) is 1. The van der Waals surface area contributed by atoms with Gasteiger partial charge in [-0.2, -0.15) is 0 Å². The van der Waals surface area contributed by atoms with Crippen LogP contribution in [0.4, 0.5) is 4.39 Å². The fourth-order valence-electron chi connectivity index (χ4n) is 2.27. The first-order valence-corrected chi connectivity index (χ1v) is 8.32. The summed E-state index contributed by atoms with van der Waals surface area (Å²) in [6.45, 7) is 2.74. The Kier molecular flexibility index (Phi) is 8.90. The zero-order chi connectivity index (χ0) is 16.4. The molecule has 0 aromatic heterocycles. The summed E-state index contributed by atoms with van der Waals surface area (Å²) in [5.41, 5.74) is 5.20. The standard InChI is InChI=1S/C17H25ClFNO2/c1-2-3-4-5-6-7-8-11-22-15-10-9-14(19)13(17(15)18)12-16(20)21/h9-10H,2-8,11-12H2,1H3,(H2,20,21). The summed E-state index contributed by atoms with van der Waals surface area (Å²) < 4.78 is 19.2. The topological polar surface area (TPSA) is 52.3 Å². The summed E-state index contributed by atoms with van der Waals surface area (Å²) in [6, 6.07) is 2.74. The van der Waals surface area contributed by atoms with Gasteiger partial charge in [0, 0.05) is 5.56 Å². The van der Waals surface area contributed by atoms with E-state index in [9.17, 15) is 9.18 Å². The summed E-state index contributed by atoms with van der Waals surface area (Å²) in [4.78, 5) is 10.9. The highest BCUT2D eigenvalue weighted by molar-refractivity contribution is 6.33. The average molecular weight is 330 g/mol. The third kappa shape index (κ3) is 6.65. The van der Waals surface area contributed by atoms with Crippen LogP contribution in [0.3, 0.4) is 0 Å². The maximum atomic E-state index is 13.6. The third-order valence-corrected chi connectivity index (χ3v) is 3.92. The van der Waals surface area contributed by atoms with Crippen LogP contribution in [0.15, 0.2) is 12.1 Å². The highest BCUT2D eigenvalue weighted by atomic mass is 35.5. The Bertz CT molecular complexity index is 480. The second-order valence-electron chi connectivity index (χ2n) is 5.45. The number of nitrogens with two attached hydrogens (primary N) is 1. The molecular formula is C17H25ClFNO2. The molecule has 0 saturated heterocycles. The molecule has 0 unspecified atom stereocenters. The van der Waals surface area contributed by atoms with E-state index >= 15 is 0 Å². The number of hydrogen-bond acceptors (Lipinski definition) is 2. The summed E-state index contributed by atoms with van der Waals surface area (Å²) in [7, 11) is 0. The number of carbonyl (C=O) groups excluding carboxylic acids is 1. The molecule has 0 saturated carbocycles. The summed E-state index contributed by atoms with van der Waals surface area (Å²) in [6.07, 6.45) is 8.12. The lowest BCUT2D eigenvalue weighted by atomic mass is 10.1. The van der Waals surface area contributed by atoms with Crippen LogP contribution >= 0.6 is 11.6 Å². The van der Waals surface area contributed by atoms with Gasteiger partial charge in [0.05, 0.1) is 18.1 Å². The van der Waals surface area contributed by atoms with E-state index in [1.54, 1.807) is 0 Å². The van der Waals surface area contributed by atoms with E-state index in [4.69, 9.17) is 22.1 Å². The smallest absolute Gasteiger partial charge is 0.222 e. The SMILES string of the molecule is CCCCCCCCCOc1ccc(F)c(CC(N)=O)c1Cl. The van der Waals surface area contributed by atoms with Crippen molar-refractivity contribution in [1.82, 2.24) is 0 Å². The van der Waals surface area contributed by atoms with E-state index < -0.39 is 11.7 Å². The molecule has 0 heterocycles. The first-order chi connectivity index (χ1) is 10.6. The Morgan fingerprint density at radius 1 is 1.18 bits per heavy atom. The minimum atomic E-state index is -0.620. The molecule has 1 aromatic rings. The molecule has 0 aliphatic rings. The number of halogens is 2. The normalized spacial score (nSPS) is 10.7. The molecular weight excluding hydrogens is 305 g/mol. The second kappa shape index (κ2) is 10.4. The van der Waals surface area contributed by atoms with Crippen LogP contribution in [0, 0.1) is 5.82 Å². The Labute approximate surface area is 137 Å². The lowest BCUT2D eigenvalue weighted by Gasteiger charge is -2.11. The van der Waals surface area contributed by atoms with Crippen LogP contribution < -0.4 is 10.5 Å². The van der Waals surface area contributed by atoms with Gasteiger partial charge in [0.2, 0.25) is 5.91 Å². The molecule has 22 heavy (non-hydrogen) atoms. The van der Waals surface area contributed by atoms with E-state index in [-0.39, 0.29) is 17.0 Å². The van der Waals surface area contributed by atoms with Crippen molar-refractivity contribution in [2.24, 2.45) is 5.73 Å². The molecule has 0 aliphatic carbocycles. The van der Waals surface area contributed by atoms with Gasteiger partial charge in [0.1, 0.15) is 11.6 Å². The maximum absolute atomic E-state index is 13.6. The van der Waals surface area contributed by atoms with Crippen LogP contribution in [-0.2, 0) is 11.2 Å². The first kappa shape index (κ1) is 18.8. The van der Waals surface area contributed by atoms with E-state index in [0.29, 0.717) is 12.4 Å². The van der Waals surface area contributed by atoms with Gasteiger partial charge in [-0.15, -0.1) is 0 Å². The summed E-state index contributed by atoms with van der Waals surface area (Å²) in [5, 5.41) is 0.141. The molecule has 0 radical (unpaired) electrons. The van der Waals surface area contributed by atoms with Crippen molar-refractivity contribution in [2.75, 3.05) is 6.61 Å². The van der Waals surface area contributed by atoms with Crippen LogP contribution in [-0.4, -0.2) is 12.5 Å². The van der Waals surface area contributed by atoms with Gasteiger partial charge in [-0.05, 0) is 18.6 Å². The van der Waals surface area contributed by atoms with Crippen LogP contribution in [0.1, 0.15) is 57.4 Å². The molecule has 0 bridgehead atoms. The molecule has 2 N–H and O–H groups in total. The van der Waals surface area contributed by atoms with Crippen LogP contribution in [0.2, 0.25) is 5.02 Å². The Balaban J connectivity index is 2.38. The number of hydrogen-bond donors (Lipinski definition) is 1. The van der Waals surface area contributed by atoms with Crippen LogP contribution in [0.25, 0.3) is 0 Å². The van der Waals surface area contributed by atoms with Gasteiger partial charge in [-0.3, -0.25) is 4.79 Å². The number of amides is 1. The van der Waals surface area contributed by atoms with E-state index in [0.717, 1.165) is 12.8 Å². The van der Waals surface area contributed by atoms with Crippen LogP contribution in [0.5, 0.6) is 5.75 Å². The summed E-state index contributed by atoms with van der Waals surface area (Å²) >= 11 is 6.08.